The third-order valence-corrected chi connectivity index (χ3v) is 7.12. The molecule has 2 fully saturated rings. The molecule has 0 aliphatic carbocycles. The molecule has 1 aromatic carbocycles. The van der Waals surface area contributed by atoms with Crippen LogP contribution in [0.3, 0.4) is 0 Å². The highest BCUT2D eigenvalue weighted by molar-refractivity contribution is 8.02. The van der Waals surface area contributed by atoms with E-state index in [1.54, 1.807) is 0 Å². The highest BCUT2D eigenvalue weighted by Crippen LogP contribution is 2.30. The molecule has 148 valence electrons. The normalized spacial score (nSPS) is 16.9. The number of likely N-dealkylation sites (tertiary alicyclic amines) is 2. The van der Waals surface area contributed by atoms with Gasteiger partial charge in [-0.2, -0.15) is 0 Å². The van der Waals surface area contributed by atoms with Gasteiger partial charge in [-0.05, 0) is 37.8 Å². The fraction of sp³-hybridized carbons (Fsp3) is 0.500. The molecule has 6 nitrogen and oxygen atoms in total. The van der Waals surface area contributed by atoms with Gasteiger partial charge in [0.25, 0.3) is 0 Å². The molecular formula is C20H24N4O2S2. The molecule has 0 bridgehead atoms. The minimum Gasteiger partial charge on any atom is -0.342 e. The molecule has 2 saturated heterocycles. The summed E-state index contributed by atoms with van der Waals surface area (Å²) >= 11 is 2.86. The number of hydrogen-bond donors (Lipinski definition) is 0. The van der Waals surface area contributed by atoms with E-state index in [2.05, 4.69) is 0 Å². The van der Waals surface area contributed by atoms with Crippen molar-refractivity contribution in [3.63, 3.8) is 0 Å². The van der Waals surface area contributed by atoms with Gasteiger partial charge in [0.15, 0.2) is 0 Å². The second-order valence-electron chi connectivity index (χ2n) is 7.08. The van der Waals surface area contributed by atoms with E-state index >= 15 is 0 Å². The van der Waals surface area contributed by atoms with Crippen LogP contribution in [0.15, 0.2) is 34.3 Å². The van der Waals surface area contributed by atoms with Crippen molar-refractivity contribution in [1.29, 1.82) is 0 Å². The van der Waals surface area contributed by atoms with Gasteiger partial charge in [-0.15, -0.1) is 0 Å². The Hall–Kier alpha value is -1.80. The highest BCUT2D eigenvalue weighted by Gasteiger charge is 2.21. The van der Waals surface area contributed by atoms with Crippen LogP contribution in [0, 0.1) is 0 Å². The van der Waals surface area contributed by atoms with Crippen molar-refractivity contribution in [2.75, 3.05) is 37.7 Å². The van der Waals surface area contributed by atoms with E-state index < -0.39 is 0 Å². The molecule has 8 heteroatoms. The second kappa shape index (κ2) is 9.13. The van der Waals surface area contributed by atoms with Gasteiger partial charge in [0.2, 0.25) is 11.8 Å². The molecule has 1 aromatic heterocycles. The van der Waals surface area contributed by atoms with E-state index in [0.29, 0.717) is 11.5 Å². The first-order chi connectivity index (χ1) is 13.7. The molecule has 0 unspecified atom stereocenters. The summed E-state index contributed by atoms with van der Waals surface area (Å²) in [6.45, 7) is 3.42. The monoisotopic (exact) mass is 416 g/mol. The molecule has 2 amide bonds. The maximum Gasteiger partial charge on any atom is 0.232 e. The number of fused-ring (bicyclic) bond motifs is 1. The summed E-state index contributed by atoms with van der Waals surface area (Å²) in [4.78, 5) is 38.2. The van der Waals surface area contributed by atoms with Gasteiger partial charge >= 0.3 is 0 Å². The number of benzene rings is 1. The summed E-state index contributed by atoms with van der Waals surface area (Å²) in [6.07, 6.45) is 4.36. The van der Waals surface area contributed by atoms with Crippen LogP contribution in [0.1, 0.15) is 25.7 Å². The fourth-order valence-corrected chi connectivity index (χ4v) is 5.43. The zero-order valence-electron chi connectivity index (χ0n) is 15.8. The van der Waals surface area contributed by atoms with Crippen molar-refractivity contribution < 1.29 is 9.59 Å². The van der Waals surface area contributed by atoms with Gasteiger partial charge in [-0.25, -0.2) is 9.97 Å². The lowest BCUT2D eigenvalue weighted by molar-refractivity contribution is -0.128. The van der Waals surface area contributed by atoms with Gasteiger partial charge in [0.1, 0.15) is 10.1 Å². The molecule has 3 heterocycles. The summed E-state index contributed by atoms with van der Waals surface area (Å²) in [5.74, 6) is 1.03. The minimum absolute atomic E-state index is 0.154. The number of carbonyl (C=O) groups excluding carboxylic acids is 2. The fourth-order valence-electron chi connectivity index (χ4n) is 3.53. The predicted molar refractivity (Wildman–Crippen MR) is 113 cm³/mol. The van der Waals surface area contributed by atoms with Gasteiger partial charge in [-0.3, -0.25) is 9.59 Å². The Bertz CT molecular complexity index is 794. The molecule has 28 heavy (non-hydrogen) atoms. The quantitative estimate of drug-likeness (QED) is 0.675. The van der Waals surface area contributed by atoms with E-state index in [4.69, 9.17) is 9.97 Å². The first-order valence-corrected chi connectivity index (χ1v) is 11.8. The van der Waals surface area contributed by atoms with E-state index in [1.807, 2.05) is 34.1 Å². The van der Waals surface area contributed by atoms with Crippen LogP contribution in [0.25, 0.3) is 11.0 Å². The average Bonchev–Trinajstić information content (AvgIpc) is 3.44. The van der Waals surface area contributed by atoms with Crippen LogP contribution in [0.4, 0.5) is 0 Å². The number of carbonyl (C=O) groups is 2. The maximum atomic E-state index is 12.4. The van der Waals surface area contributed by atoms with Gasteiger partial charge in [0, 0.05) is 26.2 Å². The van der Waals surface area contributed by atoms with Crippen LogP contribution in [-0.4, -0.2) is 69.3 Å². The molecule has 2 aliphatic rings. The summed E-state index contributed by atoms with van der Waals surface area (Å²) in [5, 5.41) is 1.48. The van der Waals surface area contributed by atoms with Crippen molar-refractivity contribution >= 4 is 46.4 Å². The molecule has 0 spiro atoms. The standard InChI is InChI=1S/C20H24N4O2S2/c25-17(23-9-3-4-10-23)13-27-19-20(22-16-8-2-1-7-15(16)21-19)28-14-18(26)24-11-5-6-12-24/h1-2,7-8H,3-6,9-14H2. The molecule has 2 aromatic rings. The predicted octanol–water partition coefficient (Wildman–Crippen LogP) is 3.06. The van der Waals surface area contributed by atoms with Crippen molar-refractivity contribution in [3.05, 3.63) is 24.3 Å². The van der Waals surface area contributed by atoms with Crippen LogP contribution < -0.4 is 0 Å². The number of amides is 2. The summed E-state index contributed by atoms with van der Waals surface area (Å²) in [7, 11) is 0. The third-order valence-electron chi connectivity index (χ3n) is 5.09. The first kappa shape index (κ1) is 19.5. The lowest BCUT2D eigenvalue weighted by Crippen LogP contribution is -2.29. The Balaban J connectivity index is 1.48. The zero-order chi connectivity index (χ0) is 19.3. The van der Waals surface area contributed by atoms with E-state index in [1.165, 1.54) is 23.5 Å². The minimum atomic E-state index is 0.154. The average molecular weight is 417 g/mol. The zero-order valence-corrected chi connectivity index (χ0v) is 17.4. The summed E-state index contributed by atoms with van der Waals surface area (Å²) in [5.41, 5.74) is 1.63. The Morgan fingerprint density at radius 2 is 1.14 bits per heavy atom. The van der Waals surface area contributed by atoms with Crippen molar-refractivity contribution in [2.24, 2.45) is 0 Å². The molecule has 2 aliphatic heterocycles. The summed E-state index contributed by atoms with van der Waals surface area (Å²) in [6, 6.07) is 7.73. The van der Waals surface area contributed by atoms with Crippen LogP contribution in [0.2, 0.25) is 0 Å². The first-order valence-electron chi connectivity index (χ1n) is 9.78. The number of aromatic nitrogens is 2. The van der Waals surface area contributed by atoms with E-state index in [-0.39, 0.29) is 11.8 Å². The van der Waals surface area contributed by atoms with Crippen molar-refractivity contribution in [2.45, 2.75) is 35.7 Å². The topological polar surface area (TPSA) is 66.4 Å². The van der Waals surface area contributed by atoms with Gasteiger partial charge in [-0.1, -0.05) is 35.7 Å². The smallest absolute Gasteiger partial charge is 0.232 e. The Morgan fingerprint density at radius 1 is 0.750 bits per heavy atom. The molecular weight excluding hydrogens is 392 g/mol. The Kier molecular flexibility index (Phi) is 6.36. The Labute approximate surface area is 173 Å². The van der Waals surface area contributed by atoms with E-state index in [9.17, 15) is 9.59 Å². The lowest BCUT2D eigenvalue weighted by atomic mass is 10.3. The number of nitrogens with zero attached hydrogens (tertiary/aromatic N) is 4. The Morgan fingerprint density at radius 3 is 1.54 bits per heavy atom. The molecule has 0 saturated carbocycles. The molecule has 0 atom stereocenters. The number of hydrogen-bond acceptors (Lipinski definition) is 6. The molecule has 0 radical (unpaired) electrons. The number of para-hydroxylation sites is 2. The molecule has 0 N–H and O–H groups in total. The maximum absolute atomic E-state index is 12.4. The van der Waals surface area contributed by atoms with E-state index in [0.717, 1.165) is 72.9 Å². The van der Waals surface area contributed by atoms with Crippen molar-refractivity contribution in [1.82, 2.24) is 19.8 Å². The molecule has 4 rings (SSSR count). The van der Waals surface area contributed by atoms with Gasteiger partial charge in [0.05, 0.1) is 22.5 Å². The lowest BCUT2D eigenvalue weighted by Gasteiger charge is -2.16. The van der Waals surface area contributed by atoms with Crippen LogP contribution in [-0.2, 0) is 9.59 Å². The van der Waals surface area contributed by atoms with Gasteiger partial charge < -0.3 is 9.80 Å². The largest absolute Gasteiger partial charge is 0.342 e. The number of rotatable bonds is 6. The van der Waals surface area contributed by atoms with Crippen LogP contribution in [0.5, 0.6) is 0 Å². The number of thioether (sulfide) groups is 2. The highest BCUT2D eigenvalue weighted by atomic mass is 32.2. The third kappa shape index (κ3) is 4.60. The van der Waals surface area contributed by atoms with Crippen LogP contribution >= 0.6 is 23.5 Å². The SMILES string of the molecule is O=C(CSc1nc2ccccc2nc1SCC(=O)N1CCCC1)N1CCCC1. The second-order valence-corrected chi connectivity index (χ2v) is 9.00. The van der Waals surface area contributed by atoms with Crippen molar-refractivity contribution in [3.8, 4) is 0 Å². The summed E-state index contributed by atoms with van der Waals surface area (Å²) < 4.78 is 0.